The van der Waals surface area contributed by atoms with Crippen molar-refractivity contribution in [2.75, 3.05) is 31.1 Å². The average molecular weight is 487 g/mol. The molecule has 4 rings (SSSR count). The Labute approximate surface area is 204 Å². The number of hydrogen-bond donors (Lipinski definition) is 1. The molecule has 0 bridgehead atoms. The van der Waals surface area contributed by atoms with Crippen molar-refractivity contribution in [1.82, 2.24) is 10.2 Å². The van der Waals surface area contributed by atoms with Gasteiger partial charge >= 0.3 is 0 Å². The molecule has 1 N–H and O–H groups in total. The molecule has 2 atom stereocenters. The van der Waals surface area contributed by atoms with Crippen molar-refractivity contribution >= 4 is 17.3 Å². The Morgan fingerprint density at radius 1 is 1.06 bits per heavy atom. The van der Waals surface area contributed by atoms with Crippen molar-refractivity contribution in [2.24, 2.45) is 5.92 Å². The summed E-state index contributed by atoms with van der Waals surface area (Å²) in [5, 5.41) is 14.5. The molecule has 0 saturated carbocycles. The van der Waals surface area contributed by atoms with Gasteiger partial charge in [0.2, 0.25) is 5.91 Å². The average Bonchev–Trinajstić information content (AvgIpc) is 3.29. The Morgan fingerprint density at radius 2 is 1.77 bits per heavy atom. The van der Waals surface area contributed by atoms with Gasteiger partial charge in [-0.3, -0.25) is 19.8 Å². The SMILES string of the molecule is CC(C)C(C(=O)NC1CCN(C2CCN(c3ccccc3[N+](=O)[O-])CC2)C1)c1ccc(F)c(F)c1. The van der Waals surface area contributed by atoms with Crippen LogP contribution in [0.15, 0.2) is 42.5 Å². The number of nitro benzene ring substituents is 1. The number of halogens is 2. The highest BCUT2D eigenvalue weighted by Crippen LogP contribution is 2.32. The van der Waals surface area contributed by atoms with E-state index >= 15 is 0 Å². The van der Waals surface area contributed by atoms with Crippen LogP contribution in [0, 0.1) is 27.7 Å². The summed E-state index contributed by atoms with van der Waals surface area (Å²) < 4.78 is 27.1. The van der Waals surface area contributed by atoms with E-state index in [1.54, 1.807) is 18.2 Å². The fourth-order valence-corrected chi connectivity index (χ4v) is 5.43. The Hall–Kier alpha value is -3.07. The lowest BCUT2D eigenvalue weighted by Gasteiger charge is -2.37. The highest BCUT2D eigenvalue weighted by Gasteiger charge is 2.34. The molecule has 2 fully saturated rings. The predicted molar refractivity (Wildman–Crippen MR) is 130 cm³/mol. The van der Waals surface area contributed by atoms with Gasteiger partial charge in [-0.2, -0.15) is 0 Å². The number of piperidine rings is 1. The first-order valence-electron chi connectivity index (χ1n) is 12.2. The van der Waals surface area contributed by atoms with Gasteiger partial charge < -0.3 is 10.2 Å². The molecule has 1 amide bonds. The van der Waals surface area contributed by atoms with Crippen LogP contribution in [0.5, 0.6) is 0 Å². The van der Waals surface area contributed by atoms with Crippen molar-refractivity contribution in [1.29, 1.82) is 0 Å². The number of likely N-dealkylation sites (tertiary alicyclic amines) is 1. The van der Waals surface area contributed by atoms with E-state index in [9.17, 15) is 23.7 Å². The predicted octanol–water partition coefficient (Wildman–Crippen LogP) is 4.47. The summed E-state index contributed by atoms with van der Waals surface area (Å²) in [4.78, 5) is 28.6. The Bertz CT molecular complexity index is 1070. The van der Waals surface area contributed by atoms with Gasteiger partial charge in [-0.1, -0.05) is 32.0 Å². The van der Waals surface area contributed by atoms with Crippen LogP contribution in [0.2, 0.25) is 0 Å². The number of carbonyl (C=O) groups is 1. The third kappa shape index (κ3) is 5.61. The number of nitro groups is 1. The molecule has 7 nitrogen and oxygen atoms in total. The molecule has 0 spiro atoms. The summed E-state index contributed by atoms with van der Waals surface area (Å²) in [5.41, 5.74) is 1.28. The first-order chi connectivity index (χ1) is 16.7. The highest BCUT2D eigenvalue weighted by molar-refractivity contribution is 5.84. The van der Waals surface area contributed by atoms with Crippen LogP contribution in [0.3, 0.4) is 0 Å². The fraction of sp³-hybridized carbons (Fsp3) is 0.500. The summed E-state index contributed by atoms with van der Waals surface area (Å²) in [6, 6.07) is 10.9. The minimum absolute atomic E-state index is 0.00212. The normalized spacial score (nSPS) is 20.3. The van der Waals surface area contributed by atoms with E-state index in [2.05, 4.69) is 15.1 Å². The van der Waals surface area contributed by atoms with Crippen LogP contribution in [0.25, 0.3) is 0 Å². The molecule has 9 heteroatoms. The van der Waals surface area contributed by atoms with E-state index in [1.807, 2.05) is 19.9 Å². The van der Waals surface area contributed by atoms with Gasteiger partial charge in [0.25, 0.3) is 5.69 Å². The Morgan fingerprint density at radius 3 is 2.43 bits per heavy atom. The first-order valence-corrected chi connectivity index (χ1v) is 12.2. The molecule has 2 heterocycles. The van der Waals surface area contributed by atoms with Crippen LogP contribution in [0.1, 0.15) is 44.6 Å². The number of hydrogen-bond acceptors (Lipinski definition) is 5. The summed E-state index contributed by atoms with van der Waals surface area (Å²) in [6.45, 7) is 6.90. The topological polar surface area (TPSA) is 78.7 Å². The van der Waals surface area contributed by atoms with Crippen molar-refractivity contribution in [3.63, 3.8) is 0 Å². The maximum atomic E-state index is 13.8. The number of nitrogens with one attached hydrogen (secondary N) is 1. The van der Waals surface area contributed by atoms with E-state index in [4.69, 9.17) is 0 Å². The molecule has 35 heavy (non-hydrogen) atoms. The van der Waals surface area contributed by atoms with Crippen molar-refractivity contribution in [2.45, 2.75) is 51.1 Å². The van der Waals surface area contributed by atoms with E-state index < -0.39 is 17.6 Å². The zero-order chi connectivity index (χ0) is 25.1. The van der Waals surface area contributed by atoms with Gasteiger partial charge in [-0.25, -0.2) is 8.78 Å². The van der Waals surface area contributed by atoms with Gasteiger partial charge in [0, 0.05) is 44.3 Å². The van der Waals surface area contributed by atoms with Crippen molar-refractivity contribution in [3.05, 3.63) is 69.8 Å². The summed E-state index contributed by atoms with van der Waals surface area (Å²) in [7, 11) is 0. The number of anilines is 1. The zero-order valence-electron chi connectivity index (χ0n) is 20.1. The van der Waals surface area contributed by atoms with Gasteiger partial charge in [0.1, 0.15) is 5.69 Å². The molecule has 2 aliphatic rings. The maximum absolute atomic E-state index is 13.8. The smallest absolute Gasteiger partial charge is 0.292 e. The van der Waals surface area contributed by atoms with Gasteiger partial charge in [-0.15, -0.1) is 0 Å². The maximum Gasteiger partial charge on any atom is 0.292 e. The molecular weight excluding hydrogens is 454 g/mol. The molecule has 2 aliphatic heterocycles. The first kappa shape index (κ1) is 25.0. The zero-order valence-corrected chi connectivity index (χ0v) is 20.1. The fourth-order valence-electron chi connectivity index (χ4n) is 5.43. The second kappa shape index (κ2) is 10.7. The standard InChI is InChI=1S/C26H32F2N4O3/c1-17(2)25(18-7-8-21(27)22(28)15-18)26(33)29-19-9-12-31(16-19)20-10-13-30(14-11-20)23-5-3-4-6-24(23)32(34)35/h3-8,15,17,19-20,25H,9-14,16H2,1-2H3,(H,29,33). The van der Waals surface area contributed by atoms with Crippen LogP contribution in [0.4, 0.5) is 20.2 Å². The third-order valence-electron chi connectivity index (χ3n) is 7.22. The van der Waals surface area contributed by atoms with Crippen molar-refractivity contribution in [3.8, 4) is 0 Å². The lowest BCUT2D eigenvalue weighted by atomic mass is 9.87. The second-order valence-electron chi connectivity index (χ2n) is 9.85. The molecule has 2 aromatic carbocycles. The van der Waals surface area contributed by atoms with E-state index in [-0.39, 0.29) is 28.5 Å². The van der Waals surface area contributed by atoms with Gasteiger partial charge in [-0.05, 0) is 48.9 Å². The van der Waals surface area contributed by atoms with Gasteiger partial charge in [0.15, 0.2) is 11.6 Å². The monoisotopic (exact) mass is 486 g/mol. The van der Waals surface area contributed by atoms with Crippen LogP contribution in [-0.4, -0.2) is 54.0 Å². The quantitative estimate of drug-likeness (QED) is 0.462. The van der Waals surface area contributed by atoms with Crippen LogP contribution < -0.4 is 10.2 Å². The number of rotatable bonds is 7. The minimum atomic E-state index is -0.944. The second-order valence-corrected chi connectivity index (χ2v) is 9.85. The van der Waals surface area contributed by atoms with E-state index in [0.29, 0.717) is 17.3 Å². The Kier molecular flexibility index (Phi) is 7.64. The highest BCUT2D eigenvalue weighted by atomic mass is 19.2. The third-order valence-corrected chi connectivity index (χ3v) is 7.22. The Balaban J connectivity index is 1.33. The summed E-state index contributed by atoms with van der Waals surface area (Å²) >= 11 is 0. The van der Waals surface area contributed by atoms with E-state index in [1.165, 1.54) is 6.07 Å². The number of nitrogens with zero attached hydrogens (tertiary/aromatic N) is 3. The molecule has 2 unspecified atom stereocenters. The lowest BCUT2D eigenvalue weighted by molar-refractivity contribution is -0.384. The number of para-hydroxylation sites is 2. The molecule has 2 aromatic rings. The summed E-state index contributed by atoms with van der Waals surface area (Å²) in [5.74, 6) is -2.65. The summed E-state index contributed by atoms with van der Waals surface area (Å²) in [6.07, 6.45) is 2.63. The molecule has 2 saturated heterocycles. The lowest BCUT2D eigenvalue weighted by Crippen LogP contribution is -2.46. The minimum Gasteiger partial charge on any atom is -0.366 e. The molecule has 188 valence electrons. The van der Waals surface area contributed by atoms with E-state index in [0.717, 1.165) is 57.6 Å². The molecular formula is C26H32F2N4O3. The molecule has 0 radical (unpaired) electrons. The van der Waals surface area contributed by atoms with Crippen LogP contribution >= 0.6 is 0 Å². The molecule has 0 aromatic heterocycles. The van der Waals surface area contributed by atoms with Crippen LogP contribution in [-0.2, 0) is 4.79 Å². The van der Waals surface area contributed by atoms with Gasteiger partial charge in [0.05, 0.1) is 10.8 Å². The van der Waals surface area contributed by atoms with Crippen molar-refractivity contribution < 1.29 is 18.5 Å². The number of amides is 1. The number of benzene rings is 2. The largest absolute Gasteiger partial charge is 0.366 e. The number of carbonyl (C=O) groups excluding carboxylic acids is 1. The molecule has 0 aliphatic carbocycles.